The van der Waals surface area contributed by atoms with E-state index < -0.39 is 6.04 Å². The molecule has 0 aromatic heterocycles. The van der Waals surface area contributed by atoms with Crippen LogP contribution in [-0.4, -0.2) is 19.1 Å². The average molecular weight is 239 g/mol. The molecular weight excluding hydrogens is 228 g/mol. The summed E-state index contributed by atoms with van der Waals surface area (Å²) in [5.41, 5.74) is 1.02. The number of esters is 1. The van der Waals surface area contributed by atoms with Crippen LogP contribution >= 0.6 is 11.6 Å². The van der Waals surface area contributed by atoms with Gasteiger partial charge >= 0.3 is 5.97 Å². The summed E-state index contributed by atoms with van der Waals surface area (Å²) in [6.45, 7) is 1.67. The summed E-state index contributed by atoms with van der Waals surface area (Å²) in [5.74, 6) is -0.367. The van der Waals surface area contributed by atoms with Crippen LogP contribution in [-0.2, 0) is 9.53 Å². The number of carbonyl (C=O) groups is 1. The molecule has 0 aliphatic heterocycles. The van der Waals surface area contributed by atoms with Crippen LogP contribution in [0.2, 0.25) is 5.02 Å². The quantitative estimate of drug-likeness (QED) is 0.820. The highest BCUT2D eigenvalue weighted by Crippen LogP contribution is 2.20. The average Bonchev–Trinajstić information content (AvgIpc) is 2.30. The number of benzene rings is 1. The molecule has 0 aliphatic rings. The monoisotopic (exact) mass is 238 g/mol. The van der Waals surface area contributed by atoms with Crippen LogP contribution in [0.5, 0.6) is 0 Å². The Labute approximate surface area is 98.8 Å². The van der Waals surface area contributed by atoms with Crippen molar-refractivity contribution in [2.75, 3.05) is 12.4 Å². The second kappa shape index (κ2) is 5.38. The van der Waals surface area contributed by atoms with Gasteiger partial charge in [-0.1, -0.05) is 11.6 Å². The molecule has 1 unspecified atom stereocenters. The van der Waals surface area contributed by atoms with Crippen molar-refractivity contribution in [3.05, 3.63) is 28.8 Å². The van der Waals surface area contributed by atoms with Gasteiger partial charge in [0.15, 0.2) is 0 Å². The molecule has 0 saturated heterocycles. The van der Waals surface area contributed by atoms with Crippen LogP contribution in [0, 0.1) is 11.3 Å². The Morgan fingerprint density at radius 2 is 2.31 bits per heavy atom. The van der Waals surface area contributed by atoms with Crippen molar-refractivity contribution in [1.29, 1.82) is 5.26 Å². The Hall–Kier alpha value is -1.73. The first-order chi connectivity index (χ1) is 7.58. The zero-order valence-electron chi connectivity index (χ0n) is 8.95. The van der Waals surface area contributed by atoms with Crippen molar-refractivity contribution in [1.82, 2.24) is 0 Å². The third kappa shape index (κ3) is 2.88. The SMILES string of the molecule is COC(=O)C(C)Nc1ccc(Cl)c(C#N)c1. The number of nitrogens with zero attached hydrogens (tertiary/aromatic N) is 1. The van der Waals surface area contributed by atoms with E-state index in [0.717, 1.165) is 0 Å². The first-order valence-corrected chi connectivity index (χ1v) is 5.00. The van der Waals surface area contributed by atoms with Crippen molar-refractivity contribution in [2.45, 2.75) is 13.0 Å². The maximum atomic E-state index is 11.2. The van der Waals surface area contributed by atoms with Crippen LogP contribution in [0.1, 0.15) is 12.5 Å². The lowest BCUT2D eigenvalue weighted by atomic mass is 10.2. The highest BCUT2D eigenvalue weighted by molar-refractivity contribution is 6.31. The molecule has 1 aromatic carbocycles. The Morgan fingerprint density at radius 1 is 1.62 bits per heavy atom. The van der Waals surface area contributed by atoms with Gasteiger partial charge in [0.2, 0.25) is 0 Å². The molecule has 1 aromatic rings. The molecule has 0 aliphatic carbocycles. The van der Waals surface area contributed by atoms with Crippen molar-refractivity contribution < 1.29 is 9.53 Å². The topological polar surface area (TPSA) is 62.1 Å². The molecule has 0 amide bonds. The van der Waals surface area contributed by atoms with E-state index in [2.05, 4.69) is 10.1 Å². The first-order valence-electron chi connectivity index (χ1n) is 4.62. The maximum absolute atomic E-state index is 11.2. The molecule has 0 fully saturated rings. The lowest BCUT2D eigenvalue weighted by molar-refractivity contribution is -0.141. The van der Waals surface area contributed by atoms with E-state index >= 15 is 0 Å². The lowest BCUT2D eigenvalue weighted by Gasteiger charge is -2.13. The van der Waals surface area contributed by atoms with E-state index in [1.54, 1.807) is 25.1 Å². The predicted octanol–water partition coefficient (Wildman–Crippen LogP) is 2.19. The molecule has 84 valence electrons. The van der Waals surface area contributed by atoms with Gasteiger partial charge in [-0.15, -0.1) is 0 Å². The third-order valence-corrected chi connectivity index (χ3v) is 2.35. The summed E-state index contributed by atoms with van der Waals surface area (Å²) in [5, 5.41) is 12.1. The van der Waals surface area contributed by atoms with Gasteiger partial charge in [-0.3, -0.25) is 0 Å². The molecule has 0 radical (unpaired) electrons. The summed E-state index contributed by atoms with van der Waals surface area (Å²) in [6.07, 6.45) is 0. The summed E-state index contributed by atoms with van der Waals surface area (Å²) in [4.78, 5) is 11.2. The van der Waals surface area contributed by atoms with Crippen molar-refractivity contribution >= 4 is 23.3 Å². The molecule has 0 spiro atoms. The Balaban J connectivity index is 2.83. The van der Waals surface area contributed by atoms with Gasteiger partial charge in [-0.2, -0.15) is 5.26 Å². The van der Waals surface area contributed by atoms with Gasteiger partial charge in [0.25, 0.3) is 0 Å². The van der Waals surface area contributed by atoms with Crippen LogP contribution in [0.25, 0.3) is 0 Å². The van der Waals surface area contributed by atoms with Gasteiger partial charge < -0.3 is 10.1 Å². The van der Waals surface area contributed by atoms with Crippen LogP contribution < -0.4 is 5.32 Å². The minimum Gasteiger partial charge on any atom is -0.467 e. The van der Waals surface area contributed by atoms with Crippen molar-refractivity contribution in [2.24, 2.45) is 0 Å². The Morgan fingerprint density at radius 3 is 2.88 bits per heavy atom. The van der Waals surface area contributed by atoms with E-state index in [0.29, 0.717) is 16.3 Å². The number of hydrogen-bond donors (Lipinski definition) is 1. The number of anilines is 1. The fourth-order valence-corrected chi connectivity index (χ4v) is 1.35. The first kappa shape index (κ1) is 12.3. The molecule has 1 N–H and O–H groups in total. The van der Waals surface area contributed by atoms with Crippen LogP contribution in [0.4, 0.5) is 5.69 Å². The molecule has 5 heteroatoms. The molecule has 0 saturated carbocycles. The molecule has 16 heavy (non-hydrogen) atoms. The molecule has 4 nitrogen and oxygen atoms in total. The van der Waals surface area contributed by atoms with Crippen LogP contribution in [0.3, 0.4) is 0 Å². The Bertz CT molecular complexity index is 440. The van der Waals surface area contributed by atoms with E-state index in [9.17, 15) is 4.79 Å². The second-order valence-corrected chi connectivity index (χ2v) is 3.60. The van der Waals surface area contributed by atoms with Gasteiger partial charge in [-0.05, 0) is 25.1 Å². The predicted molar refractivity (Wildman–Crippen MR) is 61.3 cm³/mol. The number of rotatable bonds is 3. The van der Waals surface area contributed by atoms with Crippen LogP contribution in [0.15, 0.2) is 18.2 Å². The van der Waals surface area contributed by atoms with E-state index in [1.165, 1.54) is 7.11 Å². The highest BCUT2D eigenvalue weighted by Gasteiger charge is 2.12. The maximum Gasteiger partial charge on any atom is 0.327 e. The number of methoxy groups -OCH3 is 1. The van der Waals surface area contributed by atoms with E-state index in [1.807, 2.05) is 6.07 Å². The largest absolute Gasteiger partial charge is 0.467 e. The fraction of sp³-hybridized carbons (Fsp3) is 0.273. The van der Waals surface area contributed by atoms with Gasteiger partial charge in [0, 0.05) is 5.69 Å². The molecule has 1 atom stereocenters. The van der Waals surface area contributed by atoms with E-state index in [-0.39, 0.29) is 5.97 Å². The number of hydrogen-bond acceptors (Lipinski definition) is 4. The molecule has 1 rings (SSSR count). The molecular formula is C11H11ClN2O2. The second-order valence-electron chi connectivity index (χ2n) is 3.20. The number of carbonyl (C=O) groups excluding carboxylic acids is 1. The standard InChI is InChI=1S/C11H11ClN2O2/c1-7(11(15)16-2)14-9-3-4-10(12)8(5-9)6-13/h3-5,7,14H,1-2H3. The van der Waals surface area contributed by atoms with Gasteiger partial charge in [0.05, 0.1) is 17.7 Å². The highest BCUT2D eigenvalue weighted by atomic mass is 35.5. The van der Waals surface area contributed by atoms with Gasteiger partial charge in [-0.25, -0.2) is 4.79 Å². The lowest BCUT2D eigenvalue weighted by Crippen LogP contribution is -2.27. The molecule has 0 heterocycles. The van der Waals surface area contributed by atoms with Crippen molar-refractivity contribution in [3.63, 3.8) is 0 Å². The summed E-state index contributed by atoms with van der Waals surface area (Å²) < 4.78 is 4.57. The van der Waals surface area contributed by atoms with Crippen molar-refractivity contribution in [3.8, 4) is 6.07 Å². The summed E-state index contributed by atoms with van der Waals surface area (Å²) in [6, 6.07) is 6.38. The smallest absolute Gasteiger partial charge is 0.327 e. The number of ether oxygens (including phenoxy) is 1. The normalized spacial score (nSPS) is 11.4. The minimum atomic E-state index is -0.474. The number of nitriles is 1. The zero-order chi connectivity index (χ0) is 12.1. The zero-order valence-corrected chi connectivity index (χ0v) is 9.71. The number of halogens is 1. The fourth-order valence-electron chi connectivity index (χ4n) is 1.19. The Kier molecular flexibility index (Phi) is 4.15. The van der Waals surface area contributed by atoms with Gasteiger partial charge in [0.1, 0.15) is 12.1 Å². The minimum absolute atomic E-state index is 0.365. The molecule has 0 bridgehead atoms. The third-order valence-electron chi connectivity index (χ3n) is 2.02. The number of nitrogens with one attached hydrogen (secondary N) is 1. The summed E-state index contributed by atoms with van der Waals surface area (Å²) >= 11 is 5.78. The van der Waals surface area contributed by atoms with E-state index in [4.69, 9.17) is 16.9 Å². The summed E-state index contributed by atoms with van der Waals surface area (Å²) in [7, 11) is 1.32.